The molecule has 0 spiro atoms. The van der Waals surface area contributed by atoms with Crippen LogP contribution in [-0.4, -0.2) is 22.3 Å². The molecule has 72 valence electrons. The predicted molar refractivity (Wildman–Crippen MR) is 39.6 cm³/mol. The normalized spacial score (nSPS) is 41.0. The van der Waals surface area contributed by atoms with Gasteiger partial charge in [0, 0.05) is 0 Å². The van der Waals surface area contributed by atoms with E-state index in [1.165, 1.54) is 0 Å². The summed E-state index contributed by atoms with van der Waals surface area (Å²) in [6, 6.07) is 0. The lowest BCUT2D eigenvalue weighted by Gasteiger charge is -2.07. The number of carboxylic acid groups (broad SMARTS) is 1. The van der Waals surface area contributed by atoms with Crippen molar-refractivity contribution in [2.75, 3.05) is 0 Å². The molecule has 0 aromatic carbocycles. The van der Waals surface area contributed by atoms with Crippen molar-refractivity contribution in [3.8, 4) is 0 Å². The van der Waals surface area contributed by atoms with Gasteiger partial charge in [-0.3, -0.25) is 4.79 Å². The van der Waals surface area contributed by atoms with Gasteiger partial charge in [-0.25, -0.2) is 4.79 Å². The maximum Gasteiger partial charge on any atom is 0.345 e. The Bertz CT molecular complexity index is 261. The van der Waals surface area contributed by atoms with Crippen LogP contribution < -0.4 is 0 Å². The van der Waals surface area contributed by atoms with Crippen molar-refractivity contribution in [2.45, 2.75) is 12.8 Å². The van der Waals surface area contributed by atoms with Crippen LogP contribution in [-0.2, 0) is 14.5 Å². The van der Waals surface area contributed by atoms with Crippen LogP contribution in [0.3, 0.4) is 0 Å². The third-order valence-corrected chi connectivity index (χ3v) is 3.18. The number of hydrogen-bond donors (Lipinski definition) is 2. The van der Waals surface area contributed by atoms with Crippen LogP contribution in [0.1, 0.15) is 12.8 Å². The van der Waals surface area contributed by atoms with Gasteiger partial charge in [0.05, 0.1) is 11.8 Å². The molecule has 4 atom stereocenters. The van der Waals surface area contributed by atoms with Crippen molar-refractivity contribution in [3.05, 3.63) is 0 Å². The van der Waals surface area contributed by atoms with Crippen LogP contribution in [0.5, 0.6) is 0 Å². The molecular formula is C8H10O5. The van der Waals surface area contributed by atoms with Crippen molar-refractivity contribution in [3.63, 3.8) is 0 Å². The highest BCUT2D eigenvalue weighted by molar-refractivity contribution is 5.80. The van der Waals surface area contributed by atoms with E-state index in [1.54, 1.807) is 0 Å². The summed E-state index contributed by atoms with van der Waals surface area (Å²) < 4.78 is 0. The molecular weight excluding hydrogens is 176 g/mol. The highest BCUT2D eigenvalue weighted by Crippen LogP contribution is 2.60. The Kier molecular flexibility index (Phi) is 1.76. The van der Waals surface area contributed by atoms with Gasteiger partial charge in [-0.05, 0) is 24.7 Å². The lowest BCUT2D eigenvalue weighted by Crippen LogP contribution is -2.19. The van der Waals surface area contributed by atoms with Crippen LogP contribution in [0, 0.1) is 23.7 Å². The molecule has 2 N–H and O–H groups in total. The van der Waals surface area contributed by atoms with E-state index in [-0.39, 0.29) is 11.8 Å². The van der Waals surface area contributed by atoms with E-state index in [9.17, 15) is 9.59 Å². The first kappa shape index (κ1) is 8.50. The zero-order valence-electron chi connectivity index (χ0n) is 6.84. The first-order valence-corrected chi connectivity index (χ1v) is 4.25. The summed E-state index contributed by atoms with van der Waals surface area (Å²) in [6.07, 6.45) is 1.39. The Balaban J connectivity index is 2.03. The molecule has 2 rings (SSSR count). The SMILES string of the molecule is O=C(OO)C1CCC2C(C(=O)O)C12. The second-order valence-electron chi connectivity index (χ2n) is 3.70. The number of carboxylic acids is 1. The molecule has 0 aliphatic heterocycles. The fraction of sp³-hybridized carbons (Fsp3) is 0.750. The molecule has 5 heteroatoms. The van der Waals surface area contributed by atoms with Gasteiger partial charge in [-0.15, -0.1) is 0 Å². The molecule has 0 bridgehead atoms. The van der Waals surface area contributed by atoms with Crippen LogP contribution in [0.25, 0.3) is 0 Å². The van der Waals surface area contributed by atoms with Crippen molar-refractivity contribution < 1.29 is 24.8 Å². The molecule has 0 aromatic heterocycles. The Morgan fingerprint density at radius 3 is 2.46 bits per heavy atom. The first-order valence-electron chi connectivity index (χ1n) is 4.25. The largest absolute Gasteiger partial charge is 0.481 e. The summed E-state index contributed by atoms with van der Waals surface area (Å²) in [5.74, 6) is -2.30. The van der Waals surface area contributed by atoms with E-state index in [0.29, 0.717) is 6.42 Å². The fourth-order valence-corrected chi connectivity index (χ4v) is 2.58. The highest BCUT2D eigenvalue weighted by atomic mass is 17.1. The number of rotatable bonds is 2. The van der Waals surface area contributed by atoms with Gasteiger partial charge >= 0.3 is 11.9 Å². The molecule has 0 amide bonds. The zero-order valence-corrected chi connectivity index (χ0v) is 6.84. The molecule has 0 saturated heterocycles. The van der Waals surface area contributed by atoms with Crippen LogP contribution in [0.2, 0.25) is 0 Å². The number of carbonyl (C=O) groups excluding carboxylic acids is 1. The molecule has 5 nitrogen and oxygen atoms in total. The molecule has 0 heterocycles. The van der Waals surface area contributed by atoms with Gasteiger partial charge in [-0.1, -0.05) is 0 Å². The number of hydrogen-bond acceptors (Lipinski definition) is 4. The molecule has 2 aliphatic rings. The minimum atomic E-state index is -0.842. The smallest absolute Gasteiger partial charge is 0.345 e. The van der Waals surface area contributed by atoms with Gasteiger partial charge in [0.25, 0.3) is 0 Å². The lowest BCUT2D eigenvalue weighted by atomic mass is 10.0. The maximum atomic E-state index is 11.0. The van der Waals surface area contributed by atoms with Crippen molar-refractivity contribution in [1.29, 1.82) is 0 Å². The Labute approximate surface area is 74.2 Å². The van der Waals surface area contributed by atoms with Crippen molar-refractivity contribution in [2.24, 2.45) is 23.7 Å². The van der Waals surface area contributed by atoms with E-state index in [2.05, 4.69) is 4.89 Å². The third kappa shape index (κ3) is 1.11. The molecule has 2 aliphatic carbocycles. The number of carbonyl (C=O) groups is 2. The lowest BCUT2D eigenvalue weighted by molar-refractivity contribution is -0.239. The van der Waals surface area contributed by atoms with E-state index in [0.717, 1.165) is 6.42 Å². The number of fused-ring (bicyclic) bond motifs is 1. The standard InChI is InChI=1S/C8H10O5/c9-7(10)6-3-1-2-4(5(3)6)8(11)13-12/h3-6,12H,1-2H2,(H,9,10). The first-order chi connectivity index (χ1) is 6.16. The predicted octanol–water partition coefficient (Wildman–Crippen LogP) is 0.359. The van der Waals surface area contributed by atoms with Gasteiger partial charge < -0.3 is 9.99 Å². The average Bonchev–Trinajstić information content (AvgIpc) is 2.68. The fourth-order valence-electron chi connectivity index (χ4n) is 2.58. The molecule has 2 saturated carbocycles. The van der Waals surface area contributed by atoms with E-state index in [1.807, 2.05) is 0 Å². The second kappa shape index (κ2) is 2.70. The zero-order chi connectivity index (χ0) is 9.59. The van der Waals surface area contributed by atoms with Gasteiger partial charge in [0.2, 0.25) is 0 Å². The van der Waals surface area contributed by atoms with Gasteiger partial charge in [-0.2, -0.15) is 5.26 Å². The second-order valence-corrected chi connectivity index (χ2v) is 3.70. The van der Waals surface area contributed by atoms with Gasteiger partial charge in [0.1, 0.15) is 0 Å². The quantitative estimate of drug-likeness (QED) is 0.480. The summed E-state index contributed by atoms with van der Waals surface area (Å²) in [7, 11) is 0. The molecule has 13 heavy (non-hydrogen) atoms. The summed E-state index contributed by atoms with van der Waals surface area (Å²) >= 11 is 0. The highest BCUT2D eigenvalue weighted by Gasteiger charge is 2.64. The summed E-state index contributed by atoms with van der Waals surface area (Å²) in [4.78, 5) is 25.2. The van der Waals surface area contributed by atoms with Crippen LogP contribution in [0.15, 0.2) is 0 Å². The number of aliphatic carboxylic acids is 1. The molecule has 2 fully saturated rings. The van der Waals surface area contributed by atoms with E-state index in [4.69, 9.17) is 10.4 Å². The Morgan fingerprint density at radius 1 is 1.31 bits per heavy atom. The van der Waals surface area contributed by atoms with E-state index < -0.39 is 23.8 Å². The molecule has 0 aromatic rings. The molecule has 4 unspecified atom stereocenters. The summed E-state index contributed by atoms with van der Waals surface area (Å²) in [6.45, 7) is 0. The monoisotopic (exact) mass is 186 g/mol. The van der Waals surface area contributed by atoms with Gasteiger partial charge in [0.15, 0.2) is 0 Å². The summed E-state index contributed by atoms with van der Waals surface area (Å²) in [5.41, 5.74) is 0. The maximum absolute atomic E-state index is 11.0. The minimum absolute atomic E-state index is 0.0999. The molecule has 0 radical (unpaired) electrons. The van der Waals surface area contributed by atoms with Crippen LogP contribution >= 0.6 is 0 Å². The Morgan fingerprint density at radius 2 is 2.00 bits per heavy atom. The van der Waals surface area contributed by atoms with E-state index >= 15 is 0 Å². The Hall–Kier alpha value is -1.10. The summed E-state index contributed by atoms with van der Waals surface area (Å²) in [5, 5.41) is 16.9. The van der Waals surface area contributed by atoms with Crippen molar-refractivity contribution in [1.82, 2.24) is 0 Å². The average molecular weight is 186 g/mol. The topological polar surface area (TPSA) is 83.8 Å². The van der Waals surface area contributed by atoms with Crippen LogP contribution in [0.4, 0.5) is 0 Å². The third-order valence-electron chi connectivity index (χ3n) is 3.18. The minimum Gasteiger partial charge on any atom is -0.481 e. The van der Waals surface area contributed by atoms with Crippen molar-refractivity contribution >= 4 is 11.9 Å².